The Morgan fingerprint density at radius 3 is 3.22 bits per heavy atom. The summed E-state index contributed by atoms with van der Waals surface area (Å²) in [5.41, 5.74) is 5.57. The van der Waals surface area contributed by atoms with Crippen molar-refractivity contribution in [1.29, 1.82) is 0 Å². The van der Waals surface area contributed by atoms with Gasteiger partial charge in [0.25, 0.3) is 0 Å². The van der Waals surface area contributed by atoms with Gasteiger partial charge in [0.15, 0.2) is 0 Å². The Morgan fingerprint density at radius 1 is 1.72 bits per heavy atom. The van der Waals surface area contributed by atoms with Crippen molar-refractivity contribution in [3.05, 3.63) is 10.7 Å². The average molecular weight is 316 g/mol. The first kappa shape index (κ1) is 12.9. The summed E-state index contributed by atoms with van der Waals surface area (Å²) in [6.07, 6.45) is 2.05. The van der Waals surface area contributed by atoms with E-state index < -0.39 is 6.09 Å². The van der Waals surface area contributed by atoms with Gasteiger partial charge in [-0.1, -0.05) is 0 Å². The van der Waals surface area contributed by atoms with Gasteiger partial charge >= 0.3 is 6.09 Å². The van der Waals surface area contributed by atoms with E-state index in [1.807, 2.05) is 4.90 Å². The number of halogens is 1. The van der Waals surface area contributed by atoms with Crippen LogP contribution in [0.3, 0.4) is 0 Å². The number of anilines is 2. The van der Waals surface area contributed by atoms with Gasteiger partial charge in [-0.05, 0) is 22.4 Å². The quantitative estimate of drug-likeness (QED) is 0.836. The second-order valence-electron chi connectivity index (χ2n) is 3.97. The molecule has 1 amide bonds. The number of nitrogens with zero attached hydrogens (tertiary/aromatic N) is 3. The van der Waals surface area contributed by atoms with Crippen molar-refractivity contribution < 1.29 is 9.53 Å². The number of nitrogens with one attached hydrogen (secondary N) is 1. The van der Waals surface area contributed by atoms with E-state index in [4.69, 9.17) is 5.73 Å². The van der Waals surface area contributed by atoms with Crippen LogP contribution in [0.25, 0.3) is 0 Å². The molecule has 1 atom stereocenters. The van der Waals surface area contributed by atoms with Gasteiger partial charge < -0.3 is 20.7 Å². The molecule has 1 aromatic heterocycles. The number of carbonyl (C=O) groups is 1. The molecule has 7 nitrogen and oxygen atoms in total. The normalized spacial score (nSPS) is 18.8. The lowest BCUT2D eigenvalue weighted by Crippen LogP contribution is -2.37. The monoisotopic (exact) mass is 315 g/mol. The summed E-state index contributed by atoms with van der Waals surface area (Å²) in [5.74, 6) is 0.981. The number of rotatable bonds is 2. The third-order valence-corrected chi connectivity index (χ3v) is 3.30. The first-order valence-electron chi connectivity index (χ1n) is 5.47. The van der Waals surface area contributed by atoms with Crippen molar-refractivity contribution >= 4 is 33.8 Å². The first-order chi connectivity index (χ1) is 8.60. The van der Waals surface area contributed by atoms with Crippen molar-refractivity contribution in [1.82, 2.24) is 15.3 Å². The summed E-state index contributed by atoms with van der Waals surface area (Å²) in [4.78, 5) is 21.3. The Labute approximate surface area is 113 Å². The van der Waals surface area contributed by atoms with Crippen molar-refractivity contribution in [2.45, 2.75) is 12.5 Å². The Bertz CT molecular complexity index is 456. The zero-order valence-electron chi connectivity index (χ0n) is 9.89. The molecule has 0 radical (unpaired) electrons. The summed E-state index contributed by atoms with van der Waals surface area (Å²) >= 11 is 3.39. The number of aromatic nitrogens is 2. The van der Waals surface area contributed by atoms with Crippen LogP contribution in [0.2, 0.25) is 0 Å². The molecule has 98 valence electrons. The molecule has 1 aliphatic rings. The average Bonchev–Trinajstić information content (AvgIpc) is 2.80. The van der Waals surface area contributed by atoms with Crippen LogP contribution in [0.1, 0.15) is 6.42 Å². The molecule has 2 rings (SSSR count). The fourth-order valence-corrected chi connectivity index (χ4v) is 2.33. The van der Waals surface area contributed by atoms with Gasteiger partial charge in [0, 0.05) is 19.3 Å². The maximum atomic E-state index is 11.1. The van der Waals surface area contributed by atoms with E-state index in [0.29, 0.717) is 6.54 Å². The molecule has 1 aliphatic heterocycles. The molecule has 0 spiro atoms. The zero-order valence-corrected chi connectivity index (χ0v) is 11.5. The minimum Gasteiger partial charge on any atom is -0.453 e. The van der Waals surface area contributed by atoms with Gasteiger partial charge in [0.1, 0.15) is 5.82 Å². The maximum absolute atomic E-state index is 11.1. The van der Waals surface area contributed by atoms with E-state index in [0.717, 1.165) is 23.3 Å². The number of nitrogens with two attached hydrogens (primary N) is 1. The summed E-state index contributed by atoms with van der Waals surface area (Å²) in [5, 5.41) is 2.77. The molecule has 18 heavy (non-hydrogen) atoms. The van der Waals surface area contributed by atoms with Crippen molar-refractivity contribution in [2.24, 2.45) is 0 Å². The predicted octanol–water partition coefficient (Wildman–Crippen LogP) is 0.756. The highest BCUT2D eigenvalue weighted by Crippen LogP contribution is 2.26. The van der Waals surface area contributed by atoms with E-state index in [2.05, 4.69) is 36.0 Å². The molecule has 0 saturated carbocycles. The zero-order chi connectivity index (χ0) is 13.1. The lowest BCUT2D eigenvalue weighted by atomic mass is 10.3. The molecule has 0 aliphatic carbocycles. The van der Waals surface area contributed by atoms with E-state index in [9.17, 15) is 4.79 Å². The second-order valence-corrected chi connectivity index (χ2v) is 4.82. The van der Waals surface area contributed by atoms with Gasteiger partial charge in [-0.25, -0.2) is 9.78 Å². The molecular formula is C10H14BrN5O2. The smallest absolute Gasteiger partial charge is 0.407 e. The highest BCUT2D eigenvalue weighted by Gasteiger charge is 2.26. The number of ether oxygens (including phenoxy) is 1. The number of hydrogen-bond donors (Lipinski definition) is 2. The van der Waals surface area contributed by atoms with E-state index in [1.165, 1.54) is 7.11 Å². The molecule has 1 unspecified atom stereocenters. The predicted molar refractivity (Wildman–Crippen MR) is 70.3 cm³/mol. The summed E-state index contributed by atoms with van der Waals surface area (Å²) < 4.78 is 5.36. The third kappa shape index (κ3) is 2.81. The summed E-state index contributed by atoms with van der Waals surface area (Å²) in [7, 11) is 1.35. The fourth-order valence-electron chi connectivity index (χ4n) is 1.89. The number of hydrogen-bond acceptors (Lipinski definition) is 6. The highest BCUT2D eigenvalue weighted by atomic mass is 79.9. The van der Waals surface area contributed by atoms with Gasteiger partial charge in [0.2, 0.25) is 5.95 Å². The van der Waals surface area contributed by atoms with Crippen LogP contribution < -0.4 is 16.0 Å². The number of nitrogen functional groups attached to an aromatic ring is 1. The minimum atomic E-state index is -0.414. The molecule has 0 bridgehead atoms. The minimum absolute atomic E-state index is 0.0561. The lowest BCUT2D eigenvalue weighted by Gasteiger charge is -2.19. The van der Waals surface area contributed by atoms with Crippen molar-refractivity contribution in [2.75, 3.05) is 30.8 Å². The van der Waals surface area contributed by atoms with Crippen LogP contribution in [0.15, 0.2) is 10.7 Å². The molecule has 3 N–H and O–H groups in total. The highest BCUT2D eigenvalue weighted by molar-refractivity contribution is 9.10. The lowest BCUT2D eigenvalue weighted by molar-refractivity contribution is 0.167. The molecule has 1 saturated heterocycles. The van der Waals surface area contributed by atoms with Crippen molar-refractivity contribution in [3.63, 3.8) is 0 Å². The Morgan fingerprint density at radius 2 is 2.50 bits per heavy atom. The number of methoxy groups -OCH3 is 1. The molecule has 2 heterocycles. The molecule has 8 heteroatoms. The topological polar surface area (TPSA) is 93.4 Å². The Hall–Kier alpha value is -1.57. The molecule has 0 aromatic carbocycles. The summed E-state index contributed by atoms with van der Waals surface area (Å²) in [6.45, 7) is 1.47. The van der Waals surface area contributed by atoms with Crippen LogP contribution in [0, 0.1) is 0 Å². The molecular weight excluding hydrogens is 302 g/mol. The van der Waals surface area contributed by atoms with Crippen LogP contribution in [0.5, 0.6) is 0 Å². The van der Waals surface area contributed by atoms with E-state index >= 15 is 0 Å². The number of alkyl carbamates (subject to hydrolysis) is 1. The standard InChI is InChI=1S/C10H14BrN5O2/c1-18-10(17)14-6-2-3-16(5-6)8-7(11)4-13-9(12)15-8/h4,6H,2-3,5H2,1H3,(H,14,17)(H2,12,13,15). The largest absolute Gasteiger partial charge is 0.453 e. The van der Waals surface area contributed by atoms with Gasteiger partial charge in [-0.15, -0.1) is 0 Å². The first-order valence-corrected chi connectivity index (χ1v) is 6.27. The van der Waals surface area contributed by atoms with Crippen LogP contribution in [0.4, 0.5) is 16.6 Å². The van der Waals surface area contributed by atoms with E-state index in [1.54, 1.807) is 6.20 Å². The van der Waals surface area contributed by atoms with Crippen molar-refractivity contribution in [3.8, 4) is 0 Å². The van der Waals surface area contributed by atoms with Crippen LogP contribution in [-0.4, -0.2) is 42.3 Å². The number of carbonyl (C=O) groups excluding carboxylic acids is 1. The van der Waals surface area contributed by atoms with Gasteiger partial charge in [-0.3, -0.25) is 0 Å². The molecule has 1 fully saturated rings. The Kier molecular flexibility index (Phi) is 3.85. The van der Waals surface area contributed by atoms with E-state index in [-0.39, 0.29) is 12.0 Å². The van der Waals surface area contributed by atoms with Gasteiger partial charge in [0.05, 0.1) is 17.6 Å². The molecule has 1 aromatic rings. The van der Waals surface area contributed by atoms with Gasteiger partial charge in [-0.2, -0.15) is 4.98 Å². The maximum Gasteiger partial charge on any atom is 0.407 e. The fraction of sp³-hybridized carbons (Fsp3) is 0.500. The third-order valence-electron chi connectivity index (χ3n) is 2.74. The second kappa shape index (κ2) is 5.38. The van der Waals surface area contributed by atoms with Crippen LogP contribution in [-0.2, 0) is 4.74 Å². The SMILES string of the molecule is COC(=O)NC1CCN(c2nc(N)ncc2Br)C1. The Balaban J connectivity index is 2.04. The summed E-state index contributed by atoms with van der Waals surface area (Å²) in [6, 6.07) is 0.0561. The number of amides is 1. The van der Waals surface area contributed by atoms with Crippen LogP contribution >= 0.6 is 15.9 Å².